The lowest BCUT2D eigenvalue weighted by Crippen LogP contribution is -2.42. The standard InChI is InChI=1S/C21H23N3O3/c1-13-9-10-15-16(24(13)21(26)27-3)11-12-17-18(15)22-20(23(17)2)19(25)14-7-5-4-6-8-14/h4-8,11-13,19,25H,9-10H2,1-3H3/t13-,19+/m0/s1. The van der Waals surface area contributed by atoms with Crippen LogP contribution in [0.15, 0.2) is 42.5 Å². The van der Waals surface area contributed by atoms with Crippen molar-refractivity contribution in [3.63, 3.8) is 0 Å². The Morgan fingerprint density at radius 2 is 2.00 bits per heavy atom. The fourth-order valence-electron chi connectivity index (χ4n) is 3.92. The van der Waals surface area contributed by atoms with Crippen LogP contribution in [-0.4, -0.2) is 33.9 Å². The van der Waals surface area contributed by atoms with Crippen molar-refractivity contribution in [1.82, 2.24) is 9.55 Å². The summed E-state index contributed by atoms with van der Waals surface area (Å²) in [5.41, 5.74) is 4.44. The maximum Gasteiger partial charge on any atom is 0.414 e. The van der Waals surface area contributed by atoms with Gasteiger partial charge in [-0.05, 0) is 37.5 Å². The Bertz CT molecular complexity index is 997. The van der Waals surface area contributed by atoms with Crippen LogP contribution in [0.4, 0.5) is 10.5 Å². The smallest absolute Gasteiger partial charge is 0.414 e. The minimum atomic E-state index is -0.807. The van der Waals surface area contributed by atoms with Crippen LogP contribution < -0.4 is 4.90 Å². The number of ether oxygens (including phenoxy) is 1. The number of fused-ring (bicyclic) bond motifs is 3. The molecule has 0 spiro atoms. The topological polar surface area (TPSA) is 67.6 Å². The molecular formula is C21H23N3O3. The molecule has 2 atom stereocenters. The maximum absolute atomic E-state index is 12.3. The molecule has 6 heteroatoms. The molecule has 0 unspecified atom stereocenters. The molecule has 3 aromatic rings. The number of anilines is 1. The van der Waals surface area contributed by atoms with Crippen molar-refractivity contribution in [1.29, 1.82) is 0 Å². The van der Waals surface area contributed by atoms with Crippen molar-refractivity contribution in [2.75, 3.05) is 12.0 Å². The molecule has 0 fully saturated rings. The van der Waals surface area contributed by atoms with E-state index in [1.165, 1.54) is 7.11 Å². The SMILES string of the molecule is COC(=O)N1c2ccc3c(nc([C@H](O)c4ccccc4)n3C)c2CC[C@@H]1C. The van der Waals surface area contributed by atoms with Crippen LogP contribution in [0.5, 0.6) is 0 Å². The Hall–Kier alpha value is -2.86. The van der Waals surface area contributed by atoms with Crippen LogP contribution in [0.3, 0.4) is 0 Å². The van der Waals surface area contributed by atoms with E-state index >= 15 is 0 Å². The third kappa shape index (κ3) is 2.77. The van der Waals surface area contributed by atoms with Crippen molar-refractivity contribution in [3.05, 3.63) is 59.4 Å². The fourth-order valence-corrected chi connectivity index (χ4v) is 3.92. The molecule has 1 amide bonds. The molecule has 2 heterocycles. The summed E-state index contributed by atoms with van der Waals surface area (Å²) in [5, 5.41) is 10.8. The summed E-state index contributed by atoms with van der Waals surface area (Å²) in [4.78, 5) is 18.8. The number of aliphatic hydroxyl groups excluding tert-OH is 1. The minimum Gasteiger partial charge on any atom is -0.452 e. The molecule has 0 bridgehead atoms. The van der Waals surface area contributed by atoms with E-state index in [0.29, 0.717) is 5.82 Å². The first-order valence-electron chi connectivity index (χ1n) is 9.11. The second kappa shape index (κ2) is 6.70. The number of hydrogen-bond donors (Lipinski definition) is 1. The van der Waals surface area contributed by atoms with Crippen molar-refractivity contribution < 1.29 is 14.6 Å². The normalized spacial score (nSPS) is 17.6. The van der Waals surface area contributed by atoms with Gasteiger partial charge in [0.15, 0.2) is 0 Å². The van der Waals surface area contributed by atoms with E-state index < -0.39 is 6.10 Å². The molecule has 0 saturated carbocycles. The summed E-state index contributed by atoms with van der Waals surface area (Å²) in [5.74, 6) is 0.591. The van der Waals surface area contributed by atoms with Crippen molar-refractivity contribution in [2.24, 2.45) is 7.05 Å². The number of aromatic nitrogens is 2. The number of aryl methyl sites for hydroxylation is 2. The number of carbonyl (C=O) groups excluding carboxylic acids is 1. The van der Waals surface area contributed by atoms with Crippen LogP contribution in [0.1, 0.15) is 36.4 Å². The number of amides is 1. The van der Waals surface area contributed by atoms with Crippen LogP contribution in [-0.2, 0) is 18.2 Å². The highest BCUT2D eigenvalue weighted by Crippen LogP contribution is 2.37. The average Bonchev–Trinajstić information content (AvgIpc) is 3.04. The predicted molar refractivity (Wildman–Crippen MR) is 104 cm³/mol. The van der Waals surface area contributed by atoms with Crippen LogP contribution in [0.25, 0.3) is 11.0 Å². The average molecular weight is 365 g/mol. The molecule has 1 aromatic heterocycles. The van der Waals surface area contributed by atoms with E-state index in [9.17, 15) is 9.90 Å². The van der Waals surface area contributed by atoms with Crippen molar-refractivity contribution in [3.8, 4) is 0 Å². The lowest BCUT2D eigenvalue weighted by molar-refractivity contribution is 0.175. The Balaban J connectivity index is 1.85. The van der Waals surface area contributed by atoms with Gasteiger partial charge in [-0.3, -0.25) is 4.90 Å². The summed E-state index contributed by atoms with van der Waals surface area (Å²) < 4.78 is 6.90. The predicted octanol–water partition coefficient (Wildman–Crippen LogP) is 3.56. The second-order valence-electron chi connectivity index (χ2n) is 7.00. The minimum absolute atomic E-state index is 0.0699. The highest BCUT2D eigenvalue weighted by atomic mass is 16.5. The molecule has 140 valence electrons. The molecule has 0 saturated heterocycles. The molecular weight excluding hydrogens is 342 g/mol. The summed E-state index contributed by atoms with van der Waals surface area (Å²) in [6.07, 6.45) is 0.509. The van der Waals surface area contributed by atoms with Gasteiger partial charge in [-0.1, -0.05) is 30.3 Å². The number of hydrogen-bond acceptors (Lipinski definition) is 4. The number of imidazole rings is 1. The van der Waals surface area contributed by atoms with E-state index in [2.05, 4.69) is 0 Å². The Morgan fingerprint density at radius 1 is 1.26 bits per heavy atom. The van der Waals surface area contributed by atoms with E-state index in [4.69, 9.17) is 9.72 Å². The molecule has 1 aliphatic rings. The van der Waals surface area contributed by atoms with Crippen LogP contribution >= 0.6 is 0 Å². The lowest BCUT2D eigenvalue weighted by atomic mass is 9.96. The number of nitrogens with zero attached hydrogens (tertiary/aromatic N) is 3. The summed E-state index contributed by atoms with van der Waals surface area (Å²) in [6, 6.07) is 13.5. The Morgan fingerprint density at radius 3 is 2.70 bits per heavy atom. The third-order valence-corrected chi connectivity index (χ3v) is 5.41. The van der Waals surface area contributed by atoms with Gasteiger partial charge in [-0.15, -0.1) is 0 Å². The van der Waals surface area contributed by atoms with Crippen molar-refractivity contribution in [2.45, 2.75) is 31.9 Å². The van der Waals surface area contributed by atoms with Gasteiger partial charge >= 0.3 is 6.09 Å². The maximum atomic E-state index is 12.3. The Kier molecular flexibility index (Phi) is 4.36. The highest BCUT2D eigenvalue weighted by molar-refractivity contribution is 5.95. The molecule has 4 rings (SSSR count). The zero-order valence-electron chi connectivity index (χ0n) is 15.7. The Labute approximate surface area is 158 Å². The van der Waals surface area contributed by atoms with Crippen molar-refractivity contribution >= 4 is 22.8 Å². The van der Waals surface area contributed by atoms with E-state index in [-0.39, 0.29) is 12.1 Å². The van der Waals surface area contributed by atoms with Crippen LogP contribution in [0.2, 0.25) is 0 Å². The molecule has 1 N–H and O–H groups in total. The highest BCUT2D eigenvalue weighted by Gasteiger charge is 2.31. The van der Waals surface area contributed by atoms with Gasteiger partial charge in [0.05, 0.1) is 23.8 Å². The molecule has 27 heavy (non-hydrogen) atoms. The van der Waals surface area contributed by atoms with Gasteiger partial charge in [-0.2, -0.15) is 0 Å². The summed E-state index contributed by atoms with van der Waals surface area (Å²) in [7, 11) is 3.31. The first-order chi connectivity index (χ1) is 13.0. The zero-order chi connectivity index (χ0) is 19.1. The van der Waals surface area contributed by atoms with Gasteiger partial charge in [-0.25, -0.2) is 9.78 Å². The first kappa shape index (κ1) is 17.5. The fraction of sp³-hybridized carbons (Fsp3) is 0.333. The van der Waals surface area contributed by atoms with Gasteiger partial charge < -0.3 is 14.4 Å². The van der Waals surface area contributed by atoms with Gasteiger partial charge in [0.25, 0.3) is 0 Å². The largest absolute Gasteiger partial charge is 0.452 e. The number of carbonyl (C=O) groups is 1. The lowest BCUT2D eigenvalue weighted by Gasteiger charge is -2.34. The summed E-state index contributed by atoms with van der Waals surface area (Å²) >= 11 is 0. The zero-order valence-corrected chi connectivity index (χ0v) is 15.7. The first-order valence-corrected chi connectivity index (χ1v) is 9.11. The monoisotopic (exact) mass is 365 g/mol. The van der Waals surface area contributed by atoms with E-state index in [0.717, 1.165) is 40.7 Å². The second-order valence-corrected chi connectivity index (χ2v) is 7.00. The number of methoxy groups -OCH3 is 1. The molecule has 2 aromatic carbocycles. The number of rotatable bonds is 2. The van der Waals surface area contributed by atoms with Gasteiger partial charge in [0, 0.05) is 18.7 Å². The number of aliphatic hydroxyl groups is 1. The number of benzene rings is 2. The van der Waals surface area contributed by atoms with E-state index in [1.807, 2.05) is 61.0 Å². The molecule has 6 nitrogen and oxygen atoms in total. The van der Waals surface area contributed by atoms with Gasteiger partial charge in [0.1, 0.15) is 11.9 Å². The van der Waals surface area contributed by atoms with Crippen LogP contribution in [0, 0.1) is 0 Å². The quantitative estimate of drug-likeness (QED) is 0.754. The van der Waals surface area contributed by atoms with Gasteiger partial charge in [0.2, 0.25) is 0 Å². The summed E-state index contributed by atoms with van der Waals surface area (Å²) in [6.45, 7) is 2.02. The molecule has 1 aliphatic heterocycles. The van der Waals surface area contributed by atoms with E-state index in [1.54, 1.807) is 4.90 Å². The molecule has 0 radical (unpaired) electrons. The third-order valence-electron chi connectivity index (χ3n) is 5.41. The molecule has 0 aliphatic carbocycles.